The molecule has 0 spiro atoms. The number of esters is 1. The van der Waals surface area contributed by atoms with Gasteiger partial charge in [-0.15, -0.1) is 0 Å². The van der Waals surface area contributed by atoms with E-state index in [0.29, 0.717) is 5.56 Å². The van der Waals surface area contributed by atoms with Crippen molar-refractivity contribution in [3.05, 3.63) is 23.3 Å². The molecule has 1 heterocycles. The van der Waals surface area contributed by atoms with Crippen LogP contribution in [0.3, 0.4) is 0 Å². The summed E-state index contributed by atoms with van der Waals surface area (Å²) >= 11 is 0. The Balaban J connectivity index is 2.40. The molecular weight excluding hydrogens is 336 g/mol. The van der Waals surface area contributed by atoms with Crippen LogP contribution in [0, 0.1) is 0 Å². The van der Waals surface area contributed by atoms with Gasteiger partial charge in [-0.3, -0.25) is 4.79 Å². The van der Waals surface area contributed by atoms with Crippen molar-refractivity contribution in [1.82, 2.24) is 0 Å². The van der Waals surface area contributed by atoms with Crippen LogP contribution in [0.4, 0.5) is 45.5 Å². The largest absolute Gasteiger partial charge is 0.423 e. The van der Waals surface area contributed by atoms with E-state index in [-0.39, 0.29) is 62.4 Å². The molecule has 1 aliphatic heterocycles. The number of benzene rings is 2. The summed E-state index contributed by atoms with van der Waals surface area (Å²) in [7, 11) is 0. The molecule has 1 unspecified atom stereocenters. The van der Waals surface area contributed by atoms with E-state index in [1.807, 2.05) is 0 Å². The topological polar surface area (TPSA) is 234 Å². The molecule has 0 radical (unpaired) electrons. The van der Waals surface area contributed by atoms with Crippen LogP contribution in [0.25, 0.3) is 6.08 Å². The Bertz CT molecular complexity index is 970. The highest BCUT2D eigenvalue weighted by molar-refractivity contribution is 6.06. The van der Waals surface area contributed by atoms with E-state index in [9.17, 15) is 4.79 Å². The van der Waals surface area contributed by atoms with Crippen molar-refractivity contribution >= 4 is 57.5 Å². The fourth-order valence-electron chi connectivity index (χ4n) is 3.16. The van der Waals surface area contributed by atoms with Crippen molar-refractivity contribution < 1.29 is 9.53 Å². The lowest BCUT2D eigenvalue weighted by atomic mass is 9.86. The monoisotopic (exact) mass is 356 g/mol. The van der Waals surface area contributed by atoms with E-state index < -0.39 is 11.9 Å². The molecule has 0 aliphatic carbocycles. The van der Waals surface area contributed by atoms with Crippen LogP contribution in [-0.2, 0) is 4.79 Å². The molecule has 2 aromatic rings. The zero-order valence-corrected chi connectivity index (χ0v) is 13.8. The first-order valence-electron chi connectivity index (χ1n) is 7.48. The highest BCUT2D eigenvalue weighted by Gasteiger charge is 2.42. The number of hydrogen-bond donors (Lipinski definition) is 8. The van der Waals surface area contributed by atoms with Gasteiger partial charge in [0.1, 0.15) is 5.92 Å². The summed E-state index contributed by atoms with van der Waals surface area (Å²) in [4.78, 5) is 12.6. The Kier molecular flexibility index (Phi) is 3.43. The average molecular weight is 356 g/mol. The molecule has 10 nitrogen and oxygen atoms in total. The standard InChI is InChI=1S/C16H20N8O2/c1-2-3-7(17)11(21)6-4(16(25)26-15(6)8(3)18)5-9(19)12(22)14(24)13(23)10(5)20/h2,4H,1,17-24H2. The summed E-state index contributed by atoms with van der Waals surface area (Å²) in [5.41, 5.74) is 49.2. The lowest BCUT2D eigenvalue weighted by molar-refractivity contribution is -0.133. The van der Waals surface area contributed by atoms with Gasteiger partial charge in [-0.25, -0.2) is 0 Å². The lowest BCUT2D eigenvalue weighted by Crippen LogP contribution is -2.19. The molecule has 0 bridgehead atoms. The van der Waals surface area contributed by atoms with Gasteiger partial charge in [-0.1, -0.05) is 12.7 Å². The van der Waals surface area contributed by atoms with Gasteiger partial charge in [0.25, 0.3) is 0 Å². The van der Waals surface area contributed by atoms with Gasteiger partial charge in [0, 0.05) is 16.7 Å². The number of carbonyl (C=O) groups excluding carboxylic acids is 1. The van der Waals surface area contributed by atoms with Crippen LogP contribution in [0.1, 0.15) is 22.6 Å². The maximum absolute atomic E-state index is 12.6. The second-order valence-electron chi connectivity index (χ2n) is 5.94. The highest BCUT2D eigenvalue weighted by atomic mass is 16.5. The van der Waals surface area contributed by atoms with Crippen molar-refractivity contribution in [3.63, 3.8) is 0 Å². The maximum atomic E-state index is 12.6. The highest BCUT2D eigenvalue weighted by Crippen LogP contribution is 2.54. The van der Waals surface area contributed by atoms with Crippen LogP contribution >= 0.6 is 0 Å². The third kappa shape index (κ3) is 1.89. The summed E-state index contributed by atoms with van der Waals surface area (Å²) in [6, 6.07) is 0. The van der Waals surface area contributed by atoms with Crippen LogP contribution in [0.2, 0.25) is 0 Å². The van der Waals surface area contributed by atoms with Gasteiger partial charge in [0.15, 0.2) is 5.75 Å². The Morgan fingerprint density at radius 3 is 1.65 bits per heavy atom. The average Bonchev–Trinajstić information content (AvgIpc) is 2.95. The summed E-state index contributed by atoms with van der Waals surface area (Å²) in [5.74, 6) is -1.71. The smallest absolute Gasteiger partial charge is 0.323 e. The first kappa shape index (κ1) is 16.9. The molecule has 16 N–H and O–H groups in total. The number of fused-ring (bicyclic) bond motifs is 1. The summed E-state index contributed by atoms with van der Waals surface area (Å²) in [5, 5.41) is 0. The van der Waals surface area contributed by atoms with E-state index in [1.165, 1.54) is 6.08 Å². The SMILES string of the molecule is C=Cc1c(N)c(N)c2c(c1N)OC(=O)C2c1c(N)c(N)c(N)c(N)c1N. The molecule has 0 aromatic heterocycles. The Morgan fingerprint density at radius 1 is 0.692 bits per heavy atom. The number of rotatable bonds is 2. The molecule has 10 heteroatoms. The van der Waals surface area contributed by atoms with Crippen LogP contribution in [-0.4, -0.2) is 5.97 Å². The molecular formula is C16H20N8O2. The zero-order chi connectivity index (χ0) is 19.5. The van der Waals surface area contributed by atoms with E-state index in [0.717, 1.165) is 0 Å². The zero-order valence-electron chi connectivity index (χ0n) is 13.8. The molecule has 1 atom stereocenters. The van der Waals surface area contributed by atoms with Gasteiger partial charge in [0.05, 0.1) is 45.5 Å². The molecule has 0 saturated carbocycles. The second-order valence-corrected chi connectivity index (χ2v) is 5.94. The molecule has 0 amide bonds. The summed E-state index contributed by atoms with van der Waals surface area (Å²) < 4.78 is 5.33. The molecule has 0 saturated heterocycles. The normalized spacial score (nSPS) is 15.5. The number of ether oxygens (including phenoxy) is 1. The van der Waals surface area contributed by atoms with Crippen molar-refractivity contribution in [3.8, 4) is 5.75 Å². The van der Waals surface area contributed by atoms with Crippen LogP contribution in [0.15, 0.2) is 6.58 Å². The predicted octanol–water partition coefficient (Wildman–Crippen LogP) is 0.0381. The number of nitrogen functional groups attached to an aromatic ring is 8. The van der Waals surface area contributed by atoms with Gasteiger partial charge >= 0.3 is 5.97 Å². The Labute approximate surface area is 148 Å². The third-order valence-corrected chi connectivity index (χ3v) is 4.61. The minimum absolute atomic E-state index is 0.00772. The number of nitrogens with two attached hydrogens (primary N) is 8. The number of anilines is 8. The van der Waals surface area contributed by atoms with E-state index in [2.05, 4.69) is 6.58 Å². The van der Waals surface area contributed by atoms with Gasteiger partial charge in [0.2, 0.25) is 0 Å². The van der Waals surface area contributed by atoms with Crippen molar-refractivity contribution in [2.24, 2.45) is 0 Å². The first-order valence-corrected chi connectivity index (χ1v) is 7.48. The fraction of sp³-hybridized carbons (Fsp3) is 0.0625. The fourth-order valence-corrected chi connectivity index (χ4v) is 3.16. The second kappa shape index (κ2) is 5.28. The van der Waals surface area contributed by atoms with Crippen molar-refractivity contribution in [2.45, 2.75) is 5.92 Å². The van der Waals surface area contributed by atoms with Gasteiger partial charge in [-0.05, 0) is 0 Å². The van der Waals surface area contributed by atoms with E-state index >= 15 is 0 Å². The molecule has 26 heavy (non-hydrogen) atoms. The van der Waals surface area contributed by atoms with Gasteiger partial charge in [-0.2, -0.15) is 0 Å². The minimum Gasteiger partial charge on any atom is -0.423 e. The van der Waals surface area contributed by atoms with Crippen molar-refractivity contribution in [1.29, 1.82) is 0 Å². The molecule has 2 aromatic carbocycles. The summed E-state index contributed by atoms with van der Waals surface area (Å²) in [6.45, 7) is 3.63. The summed E-state index contributed by atoms with van der Waals surface area (Å²) in [6.07, 6.45) is 1.42. The Morgan fingerprint density at radius 2 is 1.15 bits per heavy atom. The minimum atomic E-state index is -1.10. The lowest BCUT2D eigenvalue weighted by Gasteiger charge is -2.21. The Hall–Kier alpha value is -3.95. The van der Waals surface area contributed by atoms with Gasteiger partial charge < -0.3 is 50.6 Å². The molecule has 1 aliphatic rings. The van der Waals surface area contributed by atoms with Crippen LogP contribution in [0.5, 0.6) is 5.75 Å². The van der Waals surface area contributed by atoms with Crippen LogP contribution < -0.4 is 50.6 Å². The number of hydrogen-bond acceptors (Lipinski definition) is 10. The molecule has 0 fully saturated rings. The first-order chi connectivity index (χ1) is 12.1. The third-order valence-electron chi connectivity index (χ3n) is 4.61. The van der Waals surface area contributed by atoms with E-state index in [4.69, 9.17) is 50.6 Å². The maximum Gasteiger partial charge on any atom is 0.323 e. The molecule has 136 valence electrons. The quantitative estimate of drug-likeness (QED) is 0.204. The van der Waals surface area contributed by atoms with Crippen molar-refractivity contribution in [2.75, 3.05) is 45.9 Å². The van der Waals surface area contributed by atoms with E-state index in [1.54, 1.807) is 0 Å². The number of carbonyl (C=O) groups is 1. The molecule has 3 rings (SSSR count). The predicted molar refractivity (Wildman–Crippen MR) is 106 cm³/mol.